The maximum absolute atomic E-state index is 12.7. The van der Waals surface area contributed by atoms with Crippen LogP contribution < -0.4 is 0 Å². The highest BCUT2D eigenvalue weighted by molar-refractivity contribution is 7.18. The number of carbonyl (C=O) groups is 3. The number of ketones is 1. The number of para-hydroxylation sites is 1. The fourth-order valence-electron chi connectivity index (χ4n) is 3.15. The van der Waals surface area contributed by atoms with Crippen LogP contribution in [0.5, 0.6) is 0 Å². The van der Waals surface area contributed by atoms with E-state index in [-0.39, 0.29) is 12.1 Å². The number of aromatic nitrogens is 2. The van der Waals surface area contributed by atoms with Crippen molar-refractivity contribution in [3.05, 3.63) is 51.8 Å². The third kappa shape index (κ3) is 4.37. The summed E-state index contributed by atoms with van der Waals surface area (Å²) in [4.78, 5) is 44.2. The van der Waals surface area contributed by atoms with Gasteiger partial charge in [0.05, 0.1) is 40.0 Å². The van der Waals surface area contributed by atoms with Crippen LogP contribution in [0.3, 0.4) is 0 Å². The van der Waals surface area contributed by atoms with E-state index in [1.807, 2.05) is 24.3 Å². The number of thiazole rings is 1. The maximum Gasteiger partial charge on any atom is 0.339 e. The summed E-state index contributed by atoms with van der Waals surface area (Å²) in [6.45, 7) is 4.86. The first kappa shape index (κ1) is 20.7. The van der Waals surface area contributed by atoms with Crippen molar-refractivity contribution in [1.82, 2.24) is 9.97 Å². The molecule has 0 fully saturated rings. The topological polar surface area (TPSA) is 98.4 Å². The molecule has 8 heteroatoms. The Hall–Kier alpha value is -3.00. The van der Waals surface area contributed by atoms with Gasteiger partial charge in [-0.25, -0.2) is 9.78 Å². The predicted octanol–water partition coefficient (Wildman–Crippen LogP) is 3.78. The number of nitrogens with zero attached hydrogens (tertiary/aromatic N) is 1. The number of benzene rings is 1. The molecule has 1 atom stereocenters. The van der Waals surface area contributed by atoms with Crippen molar-refractivity contribution in [3.63, 3.8) is 0 Å². The Morgan fingerprint density at radius 2 is 1.93 bits per heavy atom. The number of hydrogen-bond donors (Lipinski definition) is 1. The lowest BCUT2D eigenvalue weighted by Gasteiger charge is -2.12. The second kappa shape index (κ2) is 8.57. The molecule has 29 heavy (non-hydrogen) atoms. The summed E-state index contributed by atoms with van der Waals surface area (Å²) in [7, 11) is 1.28. The summed E-state index contributed by atoms with van der Waals surface area (Å²) in [5, 5.41) is 0.848. The molecule has 3 rings (SSSR count). The molecule has 0 aliphatic carbocycles. The zero-order valence-electron chi connectivity index (χ0n) is 16.7. The van der Waals surface area contributed by atoms with Gasteiger partial charge in [-0.2, -0.15) is 0 Å². The minimum absolute atomic E-state index is 0.133. The number of methoxy groups -OCH3 is 1. The van der Waals surface area contributed by atoms with Gasteiger partial charge in [-0.1, -0.05) is 12.1 Å². The van der Waals surface area contributed by atoms with Crippen LogP contribution in [0.1, 0.15) is 50.5 Å². The highest BCUT2D eigenvalue weighted by atomic mass is 32.1. The molecule has 7 nitrogen and oxygen atoms in total. The van der Waals surface area contributed by atoms with Crippen molar-refractivity contribution < 1.29 is 23.9 Å². The molecule has 0 radical (unpaired) electrons. The fourth-order valence-corrected chi connectivity index (χ4v) is 4.12. The van der Waals surface area contributed by atoms with Crippen molar-refractivity contribution >= 4 is 39.3 Å². The van der Waals surface area contributed by atoms with E-state index in [4.69, 9.17) is 9.47 Å². The number of hydrogen-bond acceptors (Lipinski definition) is 7. The SMILES string of the molecule is COC(=O)c1c(C)[nH]c(C(=O)[C@@H](C)OC(=O)CCc2nc3ccccc3s2)c1C. The quantitative estimate of drug-likeness (QED) is 0.467. The van der Waals surface area contributed by atoms with Gasteiger partial charge in [0.15, 0.2) is 6.10 Å². The Labute approximate surface area is 172 Å². The van der Waals surface area contributed by atoms with Crippen LogP contribution in [-0.2, 0) is 20.7 Å². The number of H-pyrrole nitrogens is 1. The van der Waals surface area contributed by atoms with Gasteiger partial charge in [0.25, 0.3) is 0 Å². The summed E-state index contributed by atoms with van der Waals surface area (Å²) in [5.41, 5.74) is 2.49. The molecule has 0 amide bonds. The van der Waals surface area contributed by atoms with Gasteiger partial charge in [0.1, 0.15) is 0 Å². The normalized spacial score (nSPS) is 12.0. The molecular weight excluding hydrogens is 392 g/mol. The standard InChI is InChI=1S/C21H22N2O5S/c1-11-18(21(26)27-4)12(2)22-19(11)20(25)13(3)28-17(24)10-9-16-23-14-7-5-6-8-15(14)29-16/h5-8,13,22H,9-10H2,1-4H3/t13-/m1/s1. The third-order valence-electron chi connectivity index (χ3n) is 4.63. The second-order valence-electron chi connectivity index (χ2n) is 6.69. The Balaban J connectivity index is 1.62. The van der Waals surface area contributed by atoms with Crippen LogP contribution in [0.15, 0.2) is 24.3 Å². The summed E-state index contributed by atoms with van der Waals surface area (Å²) < 4.78 is 11.1. The van der Waals surface area contributed by atoms with Crippen molar-refractivity contribution in [1.29, 1.82) is 0 Å². The molecule has 0 unspecified atom stereocenters. The molecule has 0 aliphatic heterocycles. The molecule has 0 spiro atoms. The smallest absolute Gasteiger partial charge is 0.339 e. The zero-order valence-corrected chi connectivity index (χ0v) is 17.5. The molecular formula is C21H22N2O5S. The van der Waals surface area contributed by atoms with Gasteiger partial charge in [-0.3, -0.25) is 9.59 Å². The van der Waals surface area contributed by atoms with Gasteiger partial charge >= 0.3 is 11.9 Å². The molecule has 1 N–H and O–H groups in total. The van der Waals surface area contributed by atoms with Gasteiger partial charge < -0.3 is 14.5 Å². The number of aromatic amines is 1. The molecule has 1 aromatic carbocycles. The van der Waals surface area contributed by atoms with E-state index in [2.05, 4.69) is 9.97 Å². The van der Waals surface area contributed by atoms with E-state index in [1.54, 1.807) is 13.8 Å². The van der Waals surface area contributed by atoms with Crippen molar-refractivity contribution in [2.75, 3.05) is 7.11 Å². The lowest BCUT2D eigenvalue weighted by molar-refractivity contribution is -0.146. The molecule has 0 aliphatic rings. The van der Waals surface area contributed by atoms with E-state index in [0.29, 0.717) is 23.2 Å². The van der Waals surface area contributed by atoms with E-state index in [0.717, 1.165) is 15.2 Å². The lowest BCUT2D eigenvalue weighted by atomic mass is 10.1. The average molecular weight is 414 g/mol. The lowest BCUT2D eigenvalue weighted by Crippen LogP contribution is -2.25. The minimum atomic E-state index is -0.972. The Morgan fingerprint density at radius 3 is 2.62 bits per heavy atom. The van der Waals surface area contributed by atoms with Crippen LogP contribution in [-0.4, -0.2) is 40.9 Å². The van der Waals surface area contributed by atoms with Crippen molar-refractivity contribution in [3.8, 4) is 0 Å². The summed E-state index contributed by atoms with van der Waals surface area (Å²) in [6.07, 6.45) is -0.389. The minimum Gasteiger partial charge on any atom is -0.465 e. The molecule has 0 saturated carbocycles. The van der Waals surface area contributed by atoms with Gasteiger partial charge in [0.2, 0.25) is 5.78 Å². The number of aryl methyl sites for hydroxylation is 2. The van der Waals surface area contributed by atoms with Gasteiger partial charge in [-0.05, 0) is 38.5 Å². The van der Waals surface area contributed by atoms with E-state index in [9.17, 15) is 14.4 Å². The zero-order chi connectivity index (χ0) is 21.1. The molecule has 152 valence electrons. The number of nitrogens with one attached hydrogen (secondary N) is 1. The molecule has 0 saturated heterocycles. The van der Waals surface area contributed by atoms with Gasteiger partial charge in [-0.15, -0.1) is 11.3 Å². The maximum atomic E-state index is 12.7. The number of carbonyl (C=O) groups excluding carboxylic acids is 3. The molecule has 3 aromatic rings. The van der Waals surface area contributed by atoms with E-state index < -0.39 is 23.8 Å². The monoisotopic (exact) mass is 414 g/mol. The summed E-state index contributed by atoms with van der Waals surface area (Å²) in [6, 6.07) is 7.78. The number of rotatable bonds is 7. The van der Waals surface area contributed by atoms with Crippen LogP contribution in [0.25, 0.3) is 10.2 Å². The Morgan fingerprint density at radius 1 is 1.21 bits per heavy atom. The molecule has 2 heterocycles. The number of ether oxygens (including phenoxy) is 2. The third-order valence-corrected chi connectivity index (χ3v) is 5.73. The van der Waals surface area contributed by atoms with Crippen LogP contribution in [0.2, 0.25) is 0 Å². The number of Topliss-reactive ketones (excluding diaryl/α,β-unsaturated/α-hetero) is 1. The fraction of sp³-hybridized carbons (Fsp3) is 0.333. The predicted molar refractivity (Wildman–Crippen MR) is 109 cm³/mol. The van der Waals surface area contributed by atoms with Crippen LogP contribution >= 0.6 is 11.3 Å². The molecule has 2 aromatic heterocycles. The Kier molecular flexibility index (Phi) is 6.12. The number of fused-ring (bicyclic) bond motifs is 1. The van der Waals surface area contributed by atoms with E-state index >= 15 is 0 Å². The average Bonchev–Trinajstić information content (AvgIpc) is 3.25. The van der Waals surface area contributed by atoms with E-state index in [1.165, 1.54) is 25.4 Å². The summed E-state index contributed by atoms with van der Waals surface area (Å²) in [5.74, 6) is -1.39. The molecule has 0 bridgehead atoms. The highest BCUT2D eigenvalue weighted by Gasteiger charge is 2.27. The van der Waals surface area contributed by atoms with Crippen LogP contribution in [0.4, 0.5) is 0 Å². The largest absolute Gasteiger partial charge is 0.465 e. The number of esters is 2. The van der Waals surface area contributed by atoms with Crippen molar-refractivity contribution in [2.45, 2.75) is 39.7 Å². The summed E-state index contributed by atoms with van der Waals surface area (Å²) >= 11 is 1.54. The van der Waals surface area contributed by atoms with Crippen molar-refractivity contribution in [2.24, 2.45) is 0 Å². The first-order valence-corrected chi connectivity index (χ1v) is 9.99. The highest BCUT2D eigenvalue weighted by Crippen LogP contribution is 2.23. The Bertz CT molecular complexity index is 1050. The van der Waals surface area contributed by atoms with Gasteiger partial charge in [0, 0.05) is 12.1 Å². The second-order valence-corrected chi connectivity index (χ2v) is 7.80. The first-order chi connectivity index (χ1) is 13.8. The van der Waals surface area contributed by atoms with Crippen LogP contribution in [0, 0.1) is 13.8 Å². The first-order valence-electron chi connectivity index (χ1n) is 9.17.